The lowest BCUT2D eigenvalue weighted by molar-refractivity contribution is 0.122. The molecule has 4 heterocycles. The molecule has 29 heavy (non-hydrogen) atoms. The van der Waals surface area contributed by atoms with Crippen LogP contribution in [0.5, 0.6) is 0 Å². The van der Waals surface area contributed by atoms with Gasteiger partial charge in [0.1, 0.15) is 11.6 Å². The second kappa shape index (κ2) is 7.47. The van der Waals surface area contributed by atoms with Crippen LogP contribution >= 0.6 is 0 Å². The van der Waals surface area contributed by atoms with Crippen molar-refractivity contribution in [3.05, 3.63) is 36.3 Å². The SMILES string of the molecule is Cn1ncc2c(N3CCOCC3)nc(N3CCN(c4ccc(F)cc4)CC3)nc21. The zero-order chi connectivity index (χ0) is 19.8. The monoisotopic (exact) mass is 397 g/mol. The Hall–Kier alpha value is -2.94. The molecule has 0 amide bonds. The van der Waals surface area contributed by atoms with Gasteiger partial charge in [0.15, 0.2) is 5.65 Å². The number of nitrogens with zero attached hydrogens (tertiary/aromatic N) is 7. The van der Waals surface area contributed by atoms with Crippen LogP contribution in [0.1, 0.15) is 0 Å². The van der Waals surface area contributed by atoms with Gasteiger partial charge in [0.05, 0.1) is 24.8 Å². The Balaban J connectivity index is 1.40. The molecule has 0 unspecified atom stereocenters. The summed E-state index contributed by atoms with van der Waals surface area (Å²) in [7, 11) is 1.91. The Morgan fingerprint density at radius 1 is 0.862 bits per heavy atom. The normalized spacial score (nSPS) is 17.9. The van der Waals surface area contributed by atoms with Crippen LogP contribution in [0.25, 0.3) is 11.0 Å². The van der Waals surface area contributed by atoms with Crippen LogP contribution in [-0.4, -0.2) is 72.2 Å². The highest BCUT2D eigenvalue weighted by Crippen LogP contribution is 2.28. The van der Waals surface area contributed by atoms with E-state index in [1.54, 1.807) is 4.68 Å². The molecular formula is C20H24FN7O. The third kappa shape index (κ3) is 3.46. The van der Waals surface area contributed by atoms with Crippen LogP contribution in [0.4, 0.5) is 21.8 Å². The van der Waals surface area contributed by atoms with Gasteiger partial charge in [-0.2, -0.15) is 15.1 Å². The molecule has 2 saturated heterocycles. The highest BCUT2D eigenvalue weighted by atomic mass is 19.1. The summed E-state index contributed by atoms with van der Waals surface area (Å²) in [6.07, 6.45) is 1.84. The van der Waals surface area contributed by atoms with Gasteiger partial charge in [-0.05, 0) is 24.3 Å². The van der Waals surface area contributed by atoms with Gasteiger partial charge >= 0.3 is 0 Å². The number of hydrogen-bond acceptors (Lipinski definition) is 7. The Morgan fingerprint density at radius 3 is 2.28 bits per heavy atom. The number of aromatic nitrogens is 4. The number of benzene rings is 1. The number of piperazine rings is 1. The third-order valence-corrected chi connectivity index (χ3v) is 5.63. The molecule has 0 bridgehead atoms. The van der Waals surface area contributed by atoms with Crippen LogP contribution in [0.15, 0.2) is 30.5 Å². The van der Waals surface area contributed by atoms with E-state index in [1.165, 1.54) is 12.1 Å². The van der Waals surface area contributed by atoms with Crippen molar-refractivity contribution in [2.45, 2.75) is 0 Å². The van der Waals surface area contributed by atoms with E-state index in [0.717, 1.165) is 67.8 Å². The van der Waals surface area contributed by atoms with Gasteiger partial charge in [-0.3, -0.25) is 4.68 Å². The highest BCUT2D eigenvalue weighted by molar-refractivity contribution is 5.88. The summed E-state index contributed by atoms with van der Waals surface area (Å²) < 4.78 is 20.5. The lowest BCUT2D eigenvalue weighted by atomic mass is 10.2. The molecule has 0 atom stereocenters. The number of halogens is 1. The van der Waals surface area contributed by atoms with Crippen molar-refractivity contribution in [1.29, 1.82) is 0 Å². The van der Waals surface area contributed by atoms with E-state index in [-0.39, 0.29) is 5.82 Å². The lowest BCUT2D eigenvalue weighted by Crippen LogP contribution is -2.47. The summed E-state index contributed by atoms with van der Waals surface area (Å²) in [6, 6.07) is 6.69. The van der Waals surface area contributed by atoms with Gasteiger partial charge in [0, 0.05) is 52.0 Å². The van der Waals surface area contributed by atoms with Gasteiger partial charge < -0.3 is 19.4 Å². The molecule has 152 valence electrons. The van der Waals surface area contributed by atoms with E-state index >= 15 is 0 Å². The first kappa shape index (κ1) is 18.1. The number of ether oxygens (including phenoxy) is 1. The summed E-state index contributed by atoms with van der Waals surface area (Å²) in [5, 5.41) is 5.37. The van der Waals surface area contributed by atoms with Crippen molar-refractivity contribution < 1.29 is 9.13 Å². The summed E-state index contributed by atoms with van der Waals surface area (Å²) in [6.45, 7) is 6.34. The van der Waals surface area contributed by atoms with E-state index < -0.39 is 0 Å². The molecule has 0 N–H and O–H groups in total. The number of aryl methyl sites for hydroxylation is 1. The van der Waals surface area contributed by atoms with Crippen molar-refractivity contribution >= 4 is 28.5 Å². The van der Waals surface area contributed by atoms with Gasteiger partial charge in [0.2, 0.25) is 5.95 Å². The first-order valence-electron chi connectivity index (χ1n) is 9.97. The highest BCUT2D eigenvalue weighted by Gasteiger charge is 2.24. The Kier molecular flexibility index (Phi) is 4.67. The molecule has 9 heteroatoms. The summed E-state index contributed by atoms with van der Waals surface area (Å²) in [4.78, 5) is 16.5. The summed E-state index contributed by atoms with van der Waals surface area (Å²) in [5.41, 5.74) is 1.89. The minimum atomic E-state index is -0.207. The minimum Gasteiger partial charge on any atom is -0.378 e. The van der Waals surface area contributed by atoms with Crippen molar-refractivity contribution in [2.75, 3.05) is 67.2 Å². The topological polar surface area (TPSA) is 62.6 Å². The molecule has 0 spiro atoms. The van der Waals surface area contributed by atoms with Gasteiger partial charge in [-0.1, -0.05) is 0 Å². The Labute approximate surface area is 168 Å². The Bertz CT molecular complexity index is 992. The molecule has 2 aliphatic heterocycles. The molecular weight excluding hydrogens is 373 g/mol. The Morgan fingerprint density at radius 2 is 1.55 bits per heavy atom. The fraction of sp³-hybridized carbons (Fsp3) is 0.450. The zero-order valence-corrected chi connectivity index (χ0v) is 16.5. The third-order valence-electron chi connectivity index (χ3n) is 5.63. The average Bonchev–Trinajstić information content (AvgIpc) is 3.15. The molecule has 3 aromatic rings. The predicted octanol–water partition coefficient (Wildman–Crippen LogP) is 1.67. The predicted molar refractivity (Wildman–Crippen MR) is 110 cm³/mol. The molecule has 0 aliphatic carbocycles. The van der Waals surface area contributed by atoms with Crippen molar-refractivity contribution in [3.8, 4) is 0 Å². The average molecular weight is 397 g/mol. The standard InChI is InChI=1S/C20H24FN7O/c1-25-18-17(14-22-25)19(27-10-12-29-13-11-27)24-20(23-18)28-8-6-26(7-9-28)16-4-2-15(21)3-5-16/h2-5,14H,6-13H2,1H3. The summed E-state index contributed by atoms with van der Waals surface area (Å²) >= 11 is 0. The van der Waals surface area contributed by atoms with E-state index in [9.17, 15) is 4.39 Å². The first-order valence-corrected chi connectivity index (χ1v) is 9.97. The van der Waals surface area contributed by atoms with Crippen LogP contribution in [0.3, 0.4) is 0 Å². The van der Waals surface area contributed by atoms with Crippen molar-refractivity contribution in [3.63, 3.8) is 0 Å². The number of anilines is 3. The van der Waals surface area contributed by atoms with E-state index in [2.05, 4.69) is 19.8 Å². The fourth-order valence-electron chi connectivity index (χ4n) is 3.97. The van der Waals surface area contributed by atoms with Crippen LogP contribution < -0.4 is 14.7 Å². The summed E-state index contributed by atoms with van der Waals surface area (Å²) in [5.74, 6) is 1.46. The van der Waals surface area contributed by atoms with Crippen LogP contribution in [0, 0.1) is 5.82 Å². The van der Waals surface area contributed by atoms with Gasteiger partial charge in [-0.25, -0.2) is 4.39 Å². The van der Waals surface area contributed by atoms with Gasteiger partial charge in [-0.15, -0.1) is 0 Å². The molecule has 2 fully saturated rings. The minimum absolute atomic E-state index is 0.207. The second-order valence-corrected chi connectivity index (χ2v) is 7.40. The molecule has 0 saturated carbocycles. The number of morpholine rings is 1. The maximum absolute atomic E-state index is 13.2. The zero-order valence-electron chi connectivity index (χ0n) is 16.5. The smallest absolute Gasteiger partial charge is 0.229 e. The maximum atomic E-state index is 13.2. The number of hydrogen-bond donors (Lipinski definition) is 0. The number of rotatable bonds is 3. The quantitative estimate of drug-likeness (QED) is 0.666. The molecule has 2 aromatic heterocycles. The van der Waals surface area contributed by atoms with E-state index in [4.69, 9.17) is 14.7 Å². The maximum Gasteiger partial charge on any atom is 0.229 e. The van der Waals surface area contributed by atoms with Crippen molar-refractivity contribution in [1.82, 2.24) is 19.7 Å². The van der Waals surface area contributed by atoms with Crippen molar-refractivity contribution in [2.24, 2.45) is 7.05 Å². The van der Waals surface area contributed by atoms with Crippen LogP contribution in [0.2, 0.25) is 0 Å². The van der Waals surface area contributed by atoms with E-state index in [0.29, 0.717) is 13.2 Å². The fourth-order valence-corrected chi connectivity index (χ4v) is 3.97. The van der Waals surface area contributed by atoms with Crippen LogP contribution in [-0.2, 0) is 11.8 Å². The second-order valence-electron chi connectivity index (χ2n) is 7.40. The molecule has 8 nitrogen and oxygen atoms in total. The number of fused-ring (bicyclic) bond motifs is 1. The van der Waals surface area contributed by atoms with E-state index in [1.807, 2.05) is 25.4 Å². The lowest BCUT2D eigenvalue weighted by Gasteiger charge is -2.36. The first-order chi connectivity index (χ1) is 14.2. The largest absolute Gasteiger partial charge is 0.378 e. The molecule has 0 radical (unpaired) electrons. The molecule has 5 rings (SSSR count). The van der Waals surface area contributed by atoms with Gasteiger partial charge in [0.25, 0.3) is 0 Å². The molecule has 2 aliphatic rings. The molecule has 1 aromatic carbocycles.